The van der Waals surface area contributed by atoms with Crippen molar-refractivity contribution in [2.45, 2.75) is 230 Å². The maximum atomic E-state index is 13.5. The van der Waals surface area contributed by atoms with Gasteiger partial charge in [0.15, 0.2) is 0 Å². The molecule has 0 spiro atoms. The van der Waals surface area contributed by atoms with Gasteiger partial charge >= 0.3 is 11.9 Å². The third-order valence-corrected chi connectivity index (χ3v) is 25.1. The number of aryl methyl sites for hydroxylation is 1. The number of hydrogen-bond acceptors (Lipinski definition) is 5. The smallest absolute Gasteiger partial charge is 0.331 e. The molecule has 6 fully saturated rings. The number of nitrogens with zero attached hydrogens (tertiary/aromatic N) is 1. The van der Waals surface area contributed by atoms with E-state index < -0.39 is 0 Å². The van der Waals surface area contributed by atoms with Crippen molar-refractivity contribution in [2.24, 2.45) is 97.7 Å². The summed E-state index contributed by atoms with van der Waals surface area (Å²) in [5, 5.41) is 0. The molecule has 2 heterocycles. The van der Waals surface area contributed by atoms with Crippen molar-refractivity contribution in [3.8, 4) is 0 Å². The van der Waals surface area contributed by atoms with Crippen LogP contribution in [-0.2, 0) is 19.1 Å². The van der Waals surface area contributed by atoms with Crippen molar-refractivity contribution in [3.05, 3.63) is 118 Å². The molecule has 6 saturated carbocycles. The van der Waals surface area contributed by atoms with Crippen LogP contribution in [0.4, 0.5) is 0 Å². The fourth-order valence-corrected chi connectivity index (χ4v) is 20.7. The quantitative estimate of drug-likeness (QED) is 0.0916. The summed E-state index contributed by atoms with van der Waals surface area (Å²) in [6, 6.07) is 12.6. The molecule has 0 bridgehead atoms. The summed E-state index contributed by atoms with van der Waals surface area (Å²) in [6.07, 6.45) is 43.4. The van der Waals surface area contributed by atoms with E-state index in [0.717, 1.165) is 138 Å². The summed E-state index contributed by atoms with van der Waals surface area (Å²) in [4.78, 5) is 35.7. The van der Waals surface area contributed by atoms with Gasteiger partial charge in [-0.3, -0.25) is 0 Å². The monoisotopic (exact) mass is 1110 g/mol. The van der Waals surface area contributed by atoms with Crippen LogP contribution in [0.2, 0.25) is 0 Å². The van der Waals surface area contributed by atoms with Gasteiger partial charge in [-0.2, -0.15) is 0 Å². The number of fused-ring (bicyclic) bond motifs is 10. The third kappa shape index (κ3) is 11.7. The minimum atomic E-state index is -0.296. The summed E-state index contributed by atoms with van der Waals surface area (Å²) in [5.41, 5.74) is 10.9. The largest absolute Gasteiger partial charge is 0.459 e. The molecule has 8 aliphatic carbocycles. The van der Waals surface area contributed by atoms with Gasteiger partial charge in [0.25, 0.3) is 0 Å². The van der Waals surface area contributed by atoms with Crippen LogP contribution in [0.1, 0.15) is 233 Å². The van der Waals surface area contributed by atoms with E-state index in [4.69, 9.17) is 14.5 Å². The molecule has 6 nitrogen and oxygen atoms in total. The zero-order valence-corrected chi connectivity index (χ0v) is 52.8. The van der Waals surface area contributed by atoms with Crippen molar-refractivity contribution in [3.63, 3.8) is 0 Å². The van der Waals surface area contributed by atoms with Crippen LogP contribution < -0.4 is 0 Å². The van der Waals surface area contributed by atoms with E-state index in [1.54, 1.807) is 29.4 Å². The molecule has 2 aromatic rings. The lowest BCUT2D eigenvalue weighted by Gasteiger charge is -2.58. The maximum Gasteiger partial charge on any atom is 0.331 e. The predicted octanol–water partition coefficient (Wildman–Crippen LogP) is 19.6. The van der Waals surface area contributed by atoms with Gasteiger partial charge in [-0.1, -0.05) is 161 Å². The van der Waals surface area contributed by atoms with Crippen LogP contribution in [0.5, 0.6) is 0 Å². The highest BCUT2D eigenvalue weighted by molar-refractivity contribution is 6.10. The first-order valence-corrected chi connectivity index (χ1v) is 33.7. The van der Waals surface area contributed by atoms with Crippen molar-refractivity contribution < 1.29 is 19.1 Å². The Balaban J connectivity index is 0.691. The molecule has 444 valence electrons. The fraction of sp³-hybridized carbons (Fsp3) is 0.671. The fourth-order valence-electron chi connectivity index (χ4n) is 20.7. The number of carbonyl (C=O) groups excluding carboxylic acids is 2. The lowest BCUT2D eigenvalue weighted by atomic mass is 9.47. The number of aliphatic imine (C=N–C) groups is 1. The molecule has 2 unspecified atom stereocenters. The summed E-state index contributed by atoms with van der Waals surface area (Å²) >= 11 is 0. The van der Waals surface area contributed by atoms with E-state index in [2.05, 4.69) is 124 Å². The van der Waals surface area contributed by atoms with E-state index >= 15 is 0 Å². The van der Waals surface area contributed by atoms with Crippen molar-refractivity contribution >= 4 is 29.3 Å². The first-order chi connectivity index (χ1) is 39.2. The highest BCUT2D eigenvalue weighted by atomic mass is 16.5. The summed E-state index contributed by atoms with van der Waals surface area (Å²) in [6.45, 7) is 27.2. The Kier molecular flexibility index (Phi) is 17.4. The summed E-state index contributed by atoms with van der Waals surface area (Å²) in [7, 11) is 0. The lowest BCUT2D eigenvalue weighted by molar-refractivity contribution is -0.146. The number of rotatable bonds is 18. The minimum Gasteiger partial charge on any atom is -0.459 e. The Morgan fingerprint density at radius 3 is 1.62 bits per heavy atom. The molecular formula is C76H106N2O4. The molecule has 16 atom stereocenters. The SMILES string of the molecule is Cc1ccc(/C(=C2\C=CC(/C=C/C(=O)OC3CC[C@@]4(C)C(=CC[C@H]5[C@@H]6CC[C@H]([C@H](C)CCCC(C)C)[C@@]6(C)CC[C@@H]54)C3)=N2)c2ccc(/C=C/C(=O)OC3CC[C@@]4(C)C(=CC[C@H]5[C@@H]6CC[C@H]([C@H](C)CCCC(C)C)[C@@]6(C)CC[C@@H]54)C3)[nH]2)cc1. The number of aromatic amines is 1. The number of H-pyrrole nitrogens is 1. The second kappa shape index (κ2) is 24.1. The van der Waals surface area contributed by atoms with Gasteiger partial charge in [0.1, 0.15) is 12.2 Å². The standard InChI is InChI=1S/C76H106N2O4/c1-48(2)14-12-16-51(6)62-30-32-64-60-28-22-54-46-58(38-42-73(54,8)66(60)40-44-75(62,64)10)81-70(79)36-26-56-24-34-68(77-56)72(53-20-18-50(5)19-21-53)69-35-25-57(78-69)27-37-71(80)82-59-39-43-74(9)55(47-59)23-29-61-65-33-31-63(52(7)17-13-15-49(3)4)76(65,11)45-41-67(61)74/h18-27,34-37,48-49,51-52,58-67,77H,12-17,28-33,38-47H2,1-11H3/b36-26+,37-27+,72-69-/t51-,52-,58?,59?,60+,61+,62-,63-,64+,65+,66+,67+,73+,74+,75-,76-/m1/s1. The Labute approximate surface area is 496 Å². The predicted molar refractivity (Wildman–Crippen MR) is 339 cm³/mol. The van der Waals surface area contributed by atoms with Gasteiger partial charge in [-0.05, 0) is 231 Å². The van der Waals surface area contributed by atoms with Crippen LogP contribution in [0.15, 0.2) is 101 Å². The Morgan fingerprint density at radius 2 is 1.11 bits per heavy atom. The number of hydrogen-bond donors (Lipinski definition) is 1. The molecule has 9 aliphatic rings. The van der Waals surface area contributed by atoms with Crippen molar-refractivity contribution in [2.75, 3.05) is 0 Å². The molecule has 82 heavy (non-hydrogen) atoms. The first kappa shape index (κ1) is 59.3. The van der Waals surface area contributed by atoms with Gasteiger partial charge in [0.05, 0.1) is 11.4 Å². The number of carbonyl (C=O) groups is 2. The number of benzene rings is 1. The summed E-state index contributed by atoms with van der Waals surface area (Å²) in [5.74, 6) is 9.18. The lowest BCUT2D eigenvalue weighted by Crippen LogP contribution is -2.51. The second-order valence-electron chi connectivity index (χ2n) is 30.7. The van der Waals surface area contributed by atoms with E-state index in [1.807, 2.05) is 24.3 Å². The van der Waals surface area contributed by atoms with Gasteiger partial charge in [-0.25, -0.2) is 14.6 Å². The number of ether oxygens (including phenoxy) is 2. The number of allylic oxidation sites excluding steroid dienone is 5. The molecule has 0 radical (unpaired) electrons. The molecule has 1 aromatic heterocycles. The highest BCUT2D eigenvalue weighted by Crippen LogP contribution is 2.69. The van der Waals surface area contributed by atoms with Crippen LogP contribution >= 0.6 is 0 Å². The van der Waals surface area contributed by atoms with Gasteiger partial charge in [0.2, 0.25) is 0 Å². The van der Waals surface area contributed by atoms with E-state index in [1.165, 1.54) is 108 Å². The van der Waals surface area contributed by atoms with E-state index in [-0.39, 0.29) is 35.0 Å². The molecule has 0 amide bonds. The molecule has 1 aliphatic heterocycles. The molecular weight excluding hydrogens is 1000 g/mol. The highest BCUT2D eigenvalue weighted by Gasteiger charge is 2.61. The van der Waals surface area contributed by atoms with Crippen LogP contribution in [0.25, 0.3) is 11.6 Å². The molecule has 1 aromatic carbocycles. The number of aromatic nitrogens is 1. The van der Waals surface area contributed by atoms with Crippen molar-refractivity contribution in [1.82, 2.24) is 4.98 Å². The molecule has 0 saturated heterocycles. The second-order valence-corrected chi connectivity index (χ2v) is 30.7. The van der Waals surface area contributed by atoms with Gasteiger partial charge < -0.3 is 14.5 Å². The Morgan fingerprint density at radius 1 is 0.598 bits per heavy atom. The van der Waals surface area contributed by atoms with Crippen LogP contribution in [-0.4, -0.2) is 34.8 Å². The average molecular weight is 1110 g/mol. The maximum absolute atomic E-state index is 13.5. The first-order valence-electron chi connectivity index (χ1n) is 33.7. The number of nitrogens with one attached hydrogen (secondary N) is 1. The topological polar surface area (TPSA) is 80.8 Å². The molecule has 1 N–H and O–H groups in total. The van der Waals surface area contributed by atoms with Gasteiger partial charge in [0, 0.05) is 42.0 Å². The van der Waals surface area contributed by atoms with E-state index in [0.29, 0.717) is 16.5 Å². The zero-order chi connectivity index (χ0) is 57.7. The van der Waals surface area contributed by atoms with Crippen LogP contribution in [0, 0.1) is 99.6 Å². The molecule has 11 rings (SSSR count). The van der Waals surface area contributed by atoms with Gasteiger partial charge in [-0.15, -0.1) is 0 Å². The third-order valence-electron chi connectivity index (χ3n) is 25.1. The Bertz CT molecular complexity index is 2870. The average Bonchev–Trinajstić information content (AvgIpc) is 3.21. The van der Waals surface area contributed by atoms with E-state index in [9.17, 15) is 9.59 Å². The number of esters is 2. The zero-order valence-electron chi connectivity index (χ0n) is 52.8. The Hall–Kier alpha value is -4.45. The van der Waals surface area contributed by atoms with Crippen molar-refractivity contribution in [1.29, 1.82) is 0 Å². The normalized spacial score (nSPS) is 37.1. The van der Waals surface area contributed by atoms with Crippen LogP contribution in [0.3, 0.4) is 0 Å². The minimum absolute atomic E-state index is 0.0864. The summed E-state index contributed by atoms with van der Waals surface area (Å²) < 4.78 is 12.5. The molecule has 6 heteroatoms.